The number of aromatic amines is 1. The van der Waals surface area contributed by atoms with Crippen LogP contribution in [0.2, 0.25) is 0 Å². The van der Waals surface area contributed by atoms with Crippen LogP contribution in [0.1, 0.15) is 0 Å². The van der Waals surface area contributed by atoms with E-state index < -0.39 is 16.2 Å². The molecule has 0 aromatic carbocycles. The van der Waals surface area contributed by atoms with Crippen LogP contribution in [0.15, 0.2) is 17.3 Å². The highest BCUT2D eigenvalue weighted by Crippen LogP contribution is 1.99. The number of hydrogen-bond acceptors (Lipinski definition) is 4. The predicted molar refractivity (Wildman–Crippen MR) is 38.7 cm³/mol. The van der Waals surface area contributed by atoms with Gasteiger partial charge in [0.1, 0.15) is 6.33 Å². The minimum Gasteiger partial charge on any atom is -0.324 e. The molecule has 0 spiro atoms. The molecule has 66 valence electrons. The van der Waals surface area contributed by atoms with E-state index in [1.165, 1.54) is 0 Å². The lowest BCUT2D eigenvalue weighted by Gasteiger charge is -1.87. The van der Waals surface area contributed by atoms with Gasteiger partial charge in [0.25, 0.3) is 4.92 Å². The molecular weight excluding hydrogens is 178 g/mol. The van der Waals surface area contributed by atoms with Gasteiger partial charge in [0, 0.05) is 0 Å². The van der Waals surface area contributed by atoms with Gasteiger partial charge in [0.15, 0.2) is 0 Å². The second-order valence-corrected chi connectivity index (χ2v) is 2.25. The molecule has 0 unspecified atom stereocenters. The van der Waals surface area contributed by atoms with E-state index in [1.54, 1.807) is 0 Å². The van der Waals surface area contributed by atoms with Gasteiger partial charge in [0.05, 0.1) is 11.1 Å². The molecule has 8 nitrogen and oxygen atoms in total. The zero-order chi connectivity index (χ0) is 9.42. The second kappa shape index (κ2) is 2.37. The first kappa shape index (κ1) is 7.40. The van der Waals surface area contributed by atoms with Crippen molar-refractivity contribution in [3.8, 4) is 0 Å². The van der Waals surface area contributed by atoms with Crippen LogP contribution in [0, 0.1) is 4.91 Å². The first-order chi connectivity index (χ1) is 6.20. The normalized spacial score (nSPS) is 10.5. The maximum atomic E-state index is 11.3. The van der Waals surface area contributed by atoms with Gasteiger partial charge >= 0.3 is 11.2 Å². The van der Waals surface area contributed by atoms with Crippen molar-refractivity contribution in [2.75, 3.05) is 0 Å². The van der Waals surface area contributed by atoms with E-state index in [0.717, 1.165) is 17.0 Å². The van der Waals surface area contributed by atoms with Gasteiger partial charge in [-0.25, -0.2) is 5.21 Å². The second-order valence-electron chi connectivity index (χ2n) is 2.25. The number of nitrogens with zero attached hydrogens (tertiary/aromatic N) is 4. The van der Waals surface area contributed by atoms with Crippen molar-refractivity contribution in [3.05, 3.63) is 27.8 Å². The average Bonchev–Trinajstić information content (AvgIpc) is 2.52. The molecule has 0 atom stereocenters. The van der Waals surface area contributed by atoms with E-state index in [1.807, 2.05) is 0 Å². The molecule has 0 fully saturated rings. The summed E-state index contributed by atoms with van der Waals surface area (Å²) >= 11 is 0. The number of aromatic nitrogens is 4. The predicted octanol–water partition coefficient (Wildman–Crippen LogP) is -0.783. The summed E-state index contributed by atoms with van der Waals surface area (Å²) in [5.74, 6) is 0.204. The zero-order valence-electron chi connectivity index (χ0n) is 6.21. The molecule has 0 bridgehead atoms. The molecule has 0 aliphatic rings. The fourth-order valence-corrected chi connectivity index (χ4v) is 0.929. The summed E-state index contributed by atoms with van der Waals surface area (Å²) in [4.78, 5) is 27.3. The van der Waals surface area contributed by atoms with Crippen molar-refractivity contribution in [1.29, 1.82) is 0 Å². The summed E-state index contributed by atoms with van der Waals surface area (Å²) in [6.07, 6.45) is 2.21. The lowest BCUT2D eigenvalue weighted by atomic mass is 10.5. The topological polar surface area (TPSA) is 103 Å². The molecular formula is C5H4N5O3+. The summed E-state index contributed by atoms with van der Waals surface area (Å²) in [6, 6.07) is 0. The Morgan fingerprint density at radius 2 is 2.38 bits per heavy atom. The minimum absolute atomic E-state index is 0.204. The van der Waals surface area contributed by atoms with Crippen molar-refractivity contribution in [2.45, 2.75) is 0 Å². The van der Waals surface area contributed by atoms with E-state index >= 15 is 0 Å². The van der Waals surface area contributed by atoms with Crippen LogP contribution in [-0.2, 0) is 0 Å². The number of rotatable bonds is 1. The van der Waals surface area contributed by atoms with Crippen molar-refractivity contribution in [2.24, 2.45) is 0 Å². The first-order valence-corrected chi connectivity index (χ1v) is 3.27. The van der Waals surface area contributed by atoms with E-state index in [9.17, 15) is 9.70 Å². The Kier molecular flexibility index (Phi) is 1.35. The minimum atomic E-state index is -0.733. The van der Waals surface area contributed by atoms with E-state index in [0.29, 0.717) is 0 Å². The molecule has 2 heterocycles. The van der Waals surface area contributed by atoms with E-state index in [4.69, 9.17) is 5.21 Å². The summed E-state index contributed by atoms with van der Waals surface area (Å²) in [7, 11) is 0. The molecule has 0 aliphatic heterocycles. The standard InChI is InChI=1S/C5H3N5O3/c11-4-3(10(12)13)1-6-5-7-2-8-9(4)5/h1-2H,(H-,6,7,8,11,12,13)/p+1. The smallest absolute Gasteiger partial charge is 0.324 e. The molecule has 0 aliphatic carbocycles. The monoisotopic (exact) mass is 182 g/mol. The van der Waals surface area contributed by atoms with Gasteiger partial charge in [-0.2, -0.15) is 9.50 Å². The van der Waals surface area contributed by atoms with E-state index in [-0.39, 0.29) is 5.78 Å². The van der Waals surface area contributed by atoms with Gasteiger partial charge in [-0.15, -0.1) is 5.10 Å². The van der Waals surface area contributed by atoms with Crippen LogP contribution in [0.25, 0.3) is 5.78 Å². The molecule has 2 aromatic heterocycles. The Bertz CT molecular complexity index is 526. The summed E-state index contributed by atoms with van der Waals surface area (Å²) in [5, 5.41) is 12.0. The van der Waals surface area contributed by atoms with Crippen LogP contribution >= 0.6 is 0 Å². The molecule has 2 rings (SSSR count). The molecule has 0 saturated carbocycles. The highest BCUT2D eigenvalue weighted by Gasteiger charge is 2.20. The van der Waals surface area contributed by atoms with Crippen molar-refractivity contribution >= 4 is 11.5 Å². The lowest BCUT2D eigenvalue weighted by Crippen LogP contribution is -2.18. The maximum Gasteiger partial charge on any atom is 0.398 e. The van der Waals surface area contributed by atoms with Crippen LogP contribution < -0.4 is 5.56 Å². The molecule has 8 heteroatoms. The number of hydrogen-bond donors (Lipinski definition) is 2. The van der Waals surface area contributed by atoms with Crippen LogP contribution in [0.4, 0.5) is 5.69 Å². The summed E-state index contributed by atoms with van der Waals surface area (Å²) in [6.45, 7) is 0. The lowest BCUT2D eigenvalue weighted by molar-refractivity contribution is -0.730. The molecule has 0 saturated heterocycles. The van der Waals surface area contributed by atoms with Gasteiger partial charge in [-0.3, -0.25) is 4.79 Å². The van der Waals surface area contributed by atoms with Gasteiger partial charge in [-0.1, -0.05) is 0 Å². The maximum absolute atomic E-state index is 11.3. The van der Waals surface area contributed by atoms with Crippen molar-refractivity contribution < 1.29 is 10.1 Å². The Morgan fingerprint density at radius 3 is 3.08 bits per heavy atom. The zero-order valence-corrected chi connectivity index (χ0v) is 6.21. The van der Waals surface area contributed by atoms with Crippen molar-refractivity contribution in [1.82, 2.24) is 19.6 Å². The Hall–Kier alpha value is -2.25. The molecule has 0 radical (unpaired) electrons. The highest BCUT2D eigenvalue weighted by molar-refractivity contribution is 5.31. The quantitative estimate of drug-likeness (QED) is 0.563. The third-order valence-electron chi connectivity index (χ3n) is 1.50. The molecule has 13 heavy (non-hydrogen) atoms. The third kappa shape index (κ3) is 0.956. The van der Waals surface area contributed by atoms with Gasteiger partial charge < -0.3 is 4.98 Å². The number of fused-ring (bicyclic) bond motifs is 1. The number of nitrogens with one attached hydrogen (secondary N) is 1. The highest BCUT2D eigenvalue weighted by atomic mass is 16.6. The Balaban J connectivity index is 2.89. The summed E-state index contributed by atoms with van der Waals surface area (Å²) < 4.78 is 0.871. The first-order valence-electron chi connectivity index (χ1n) is 3.27. The van der Waals surface area contributed by atoms with Crippen LogP contribution in [0.3, 0.4) is 0 Å². The third-order valence-corrected chi connectivity index (χ3v) is 1.50. The average molecular weight is 182 g/mol. The SMILES string of the molecule is O=c1c([N+](=O)O)c[nH]c2ncnn12. The fourth-order valence-electron chi connectivity index (χ4n) is 0.929. The number of H-pyrrole nitrogens is 1. The molecule has 0 amide bonds. The largest absolute Gasteiger partial charge is 0.398 e. The molecule has 2 N–H and O–H groups in total. The van der Waals surface area contributed by atoms with Crippen LogP contribution in [-0.4, -0.2) is 29.7 Å². The van der Waals surface area contributed by atoms with Gasteiger partial charge in [-0.05, 0) is 0 Å². The molecule has 2 aromatic rings. The Morgan fingerprint density at radius 1 is 1.62 bits per heavy atom. The fraction of sp³-hybridized carbons (Fsp3) is 0. The summed E-state index contributed by atoms with van der Waals surface area (Å²) in [5.41, 5.74) is -1.18. The van der Waals surface area contributed by atoms with Crippen molar-refractivity contribution in [3.63, 3.8) is 0 Å². The Labute approximate surface area is 70.0 Å². The van der Waals surface area contributed by atoms with Gasteiger partial charge in [0.2, 0.25) is 5.78 Å². The van der Waals surface area contributed by atoms with Crippen LogP contribution in [0.5, 0.6) is 0 Å². The van der Waals surface area contributed by atoms with E-state index in [2.05, 4.69) is 15.1 Å².